The summed E-state index contributed by atoms with van der Waals surface area (Å²) in [4.78, 5) is 20.2. The Bertz CT molecular complexity index is 1230. The number of benzene rings is 2. The summed E-state index contributed by atoms with van der Waals surface area (Å²) in [6, 6.07) is 14.2. The summed E-state index contributed by atoms with van der Waals surface area (Å²) < 4.78 is 25.2. The first-order valence-electron chi connectivity index (χ1n) is 9.75. The average Bonchev–Trinajstić information content (AvgIpc) is 3.07. The van der Waals surface area contributed by atoms with Crippen molar-refractivity contribution in [1.29, 1.82) is 0 Å². The second kappa shape index (κ2) is 9.15. The molecule has 162 valence electrons. The fourth-order valence-electron chi connectivity index (χ4n) is 3.07. The molecule has 7 nitrogen and oxygen atoms in total. The average molecular weight is 453 g/mol. The molecule has 1 aliphatic heterocycles. The van der Waals surface area contributed by atoms with Crippen LogP contribution in [0.3, 0.4) is 0 Å². The number of amides is 1. The Morgan fingerprint density at radius 3 is 2.69 bits per heavy atom. The van der Waals surface area contributed by atoms with Crippen LogP contribution in [-0.2, 0) is 4.79 Å². The molecule has 0 saturated heterocycles. The molecule has 1 amide bonds. The van der Waals surface area contributed by atoms with E-state index >= 15 is 0 Å². The maximum Gasteiger partial charge on any atom is 0.280 e. The fraction of sp³-hybridized carbons (Fsp3) is 0.130. The predicted molar refractivity (Wildman–Crippen MR) is 120 cm³/mol. The van der Waals surface area contributed by atoms with Crippen LogP contribution in [0.1, 0.15) is 19.4 Å². The van der Waals surface area contributed by atoms with Crippen molar-refractivity contribution in [3.8, 4) is 17.4 Å². The van der Waals surface area contributed by atoms with E-state index in [1.165, 1.54) is 5.01 Å². The molecular formula is C23H18ClFN4O3. The van der Waals surface area contributed by atoms with Crippen molar-refractivity contribution in [2.24, 2.45) is 5.10 Å². The number of nitrogens with zero attached hydrogens (tertiary/aromatic N) is 4. The van der Waals surface area contributed by atoms with E-state index in [9.17, 15) is 9.18 Å². The van der Waals surface area contributed by atoms with Crippen molar-refractivity contribution in [2.75, 3.05) is 11.6 Å². The van der Waals surface area contributed by atoms with Gasteiger partial charge in [0.25, 0.3) is 11.8 Å². The maximum atomic E-state index is 14.0. The van der Waals surface area contributed by atoms with Gasteiger partial charge < -0.3 is 9.47 Å². The molecule has 0 bridgehead atoms. The first-order chi connectivity index (χ1) is 15.5. The molecule has 0 fully saturated rings. The number of carbonyl (C=O) groups is 1. The molecule has 0 unspecified atom stereocenters. The van der Waals surface area contributed by atoms with Crippen molar-refractivity contribution in [2.45, 2.75) is 13.8 Å². The van der Waals surface area contributed by atoms with Crippen molar-refractivity contribution >= 4 is 35.0 Å². The number of rotatable bonds is 6. The predicted octanol–water partition coefficient (Wildman–Crippen LogP) is 5.27. The van der Waals surface area contributed by atoms with Crippen LogP contribution in [0.4, 0.5) is 10.1 Å². The highest BCUT2D eigenvalue weighted by Crippen LogP contribution is 2.34. The zero-order valence-corrected chi connectivity index (χ0v) is 18.0. The smallest absolute Gasteiger partial charge is 0.280 e. The SMILES string of the molecule is CCOc1cc(/C=C2/C(=O)N(c3ccccc3)N=C2C)ccc1Oc1nc(Cl)ncc1F. The number of ether oxygens (including phenoxy) is 2. The van der Waals surface area contributed by atoms with Crippen LogP contribution in [0.2, 0.25) is 5.28 Å². The lowest BCUT2D eigenvalue weighted by Gasteiger charge is -2.13. The Morgan fingerprint density at radius 1 is 1.16 bits per heavy atom. The molecule has 0 saturated carbocycles. The van der Waals surface area contributed by atoms with E-state index in [1.807, 2.05) is 37.3 Å². The third-order valence-electron chi connectivity index (χ3n) is 4.53. The number of hydrazone groups is 1. The fourth-order valence-corrected chi connectivity index (χ4v) is 3.19. The zero-order valence-electron chi connectivity index (χ0n) is 17.3. The van der Waals surface area contributed by atoms with Crippen LogP contribution in [0.25, 0.3) is 6.08 Å². The molecule has 3 aromatic rings. The quantitative estimate of drug-likeness (QED) is 0.376. The van der Waals surface area contributed by atoms with E-state index in [0.717, 1.165) is 6.20 Å². The van der Waals surface area contributed by atoms with Crippen LogP contribution in [0.5, 0.6) is 17.4 Å². The summed E-state index contributed by atoms with van der Waals surface area (Å²) in [6.07, 6.45) is 2.65. The van der Waals surface area contributed by atoms with Gasteiger partial charge in [0.15, 0.2) is 11.5 Å². The minimum atomic E-state index is -0.757. The van der Waals surface area contributed by atoms with Crippen molar-refractivity contribution < 1.29 is 18.7 Å². The Kier molecular flexibility index (Phi) is 6.13. The minimum absolute atomic E-state index is 0.141. The molecule has 4 rings (SSSR count). The summed E-state index contributed by atoms with van der Waals surface area (Å²) >= 11 is 5.73. The highest BCUT2D eigenvalue weighted by molar-refractivity contribution is 6.32. The van der Waals surface area contributed by atoms with E-state index < -0.39 is 5.82 Å². The second-order valence-corrected chi connectivity index (χ2v) is 7.07. The van der Waals surface area contributed by atoms with Gasteiger partial charge in [-0.05, 0) is 61.4 Å². The number of para-hydroxylation sites is 1. The third-order valence-corrected chi connectivity index (χ3v) is 4.71. The summed E-state index contributed by atoms with van der Waals surface area (Å²) in [5, 5.41) is 5.60. The van der Waals surface area contributed by atoms with Gasteiger partial charge in [-0.3, -0.25) is 4.79 Å². The van der Waals surface area contributed by atoms with Gasteiger partial charge in [-0.2, -0.15) is 19.5 Å². The number of halogens is 2. The minimum Gasteiger partial charge on any atom is -0.490 e. The topological polar surface area (TPSA) is 76.9 Å². The van der Waals surface area contributed by atoms with Gasteiger partial charge in [0, 0.05) is 0 Å². The normalized spacial score (nSPS) is 14.6. The lowest BCUT2D eigenvalue weighted by molar-refractivity contribution is -0.114. The van der Waals surface area contributed by atoms with Crippen molar-refractivity contribution in [3.63, 3.8) is 0 Å². The Labute approximate surface area is 188 Å². The summed E-state index contributed by atoms with van der Waals surface area (Å²) in [5.74, 6) is -0.700. The van der Waals surface area contributed by atoms with Gasteiger partial charge in [-0.15, -0.1) is 0 Å². The molecule has 0 radical (unpaired) electrons. The molecule has 2 aromatic carbocycles. The number of hydrogen-bond donors (Lipinski definition) is 0. The number of carbonyl (C=O) groups excluding carboxylic acids is 1. The summed E-state index contributed by atoms with van der Waals surface area (Å²) in [7, 11) is 0. The first-order valence-corrected chi connectivity index (χ1v) is 10.1. The van der Waals surface area contributed by atoms with Crippen LogP contribution < -0.4 is 14.5 Å². The van der Waals surface area contributed by atoms with Gasteiger partial charge in [-0.25, -0.2) is 4.98 Å². The lowest BCUT2D eigenvalue weighted by atomic mass is 10.1. The summed E-state index contributed by atoms with van der Waals surface area (Å²) in [6.45, 7) is 3.94. The Balaban J connectivity index is 1.64. The number of anilines is 1. The number of hydrogen-bond acceptors (Lipinski definition) is 6. The van der Waals surface area contributed by atoms with Crippen LogP contribution in [-0.4, -0.2) is 28.2 Å². The summed E-state index contributed by atoms with van der Waals surface area (Å²) in [5.41, 5.74) is 2.42. The molecule has 0 aliphatic carbocycles. The molecule has 9 heteroatoms. The van der Waals surface area contributed by atoms with Gasteiger partial charge in [0.1, 0.15) is 0 Å². The molecule has 2 heterocycles. The molecule has 32 heavy (non-hydrogen) atoms. The third kappa shape index (κ3) is 4.45. The standard InChI is InChI=1S/C23H18ClFN4O3/c1-3-31-20-12-15(9-10-19(20)32-21-18(25)13-26-23(24)27-21)11-17-14(2)28-29(22(17)30)16-7-5-4-6-8-16/h4-13H,3H2,1-2H3/b17-11+. The Hall–Kier alpha value is -3.78. The lowest BCUT2D eigenvalue weighted by Crippen LogP contribution is -2.21. The second-order valence-electron chi connectivity index (χ2n) is 6.73. The van der Waals surface area contributed by atoms with E-state index in [-0.39, 0.29) is 22.8 Å². The number of aromatic nitrogens is 2. The zero-order chi connectivity index (χ0) is 22.7. The van der Waals surface area contributed by atoms with Crippen LogP contribution >= 0.6 is 11.6 Å². The molecule has 1 aromatic heterocycles. The van der Waals surface area contributed by atoms with E-state index in [2.05, 4.69) is 15.1 Å². The maximum absolute atomic E-state index is 14.0. The van der Waals surface area contributed by atoms with Gasteiger partial charge >= 0.3 is 0 Å². The first kappa shape index (κ1) is 21.5. The van der Waals surface area contributed by atoms with Gasteiger partial charge in [-0.1, -0.05) is 24.3 Å². The highest BCUT2D eigenvalue weighted by Gasteiger charge is 2.28. The van der Waals surface area contributed by atoms with Crippen molar-refractivity contribution in [1.82, 2.24) is 9.97 Å². The van der Waals surface area contributed by atoms with Crippen LogP contribution in [0, 0.1) is 5.82 Å². The Morgan fingerprint density at radius 2 is 1.94 bits per heavy atom. The highest BCUT2D eigenvalue weighted by atomic mass is 35.5. The molecule has 0 spiro atoms. The molecule has 0 N–H and O–H groups in total. The van der Waals surface area contributed by atoms with Crippen molar-refractivity contribution in [3.05, 3.63) is 77.0 Å². The molecule has 1 aliphatic rings. The van der Waals surface area contributed by atoms with E-state index in [1.54, 1.807) is 31.2 Å². The molecular weight excluding hydrogens is 435 g/mol. The van der Waals surface area contributed by atoms with Gasteiger partial charge in [0.2, 0.25) is 11.1 Å². The largest absolute Gasteiger partial charge is 0.490 e. The van der Waals surface area contributed by atoms with E-state index in [0.29, 0.717) is 34.9 Å². The monoisotopic (exact) mass is 452 g/mol. The molecule has 0 atom stereocenters. The van der Waals surface area contributed by atoms with E-state index in [4.69, 9.17) is 21.1 Å². The van der Waals surface area contributed by atoms with Crippen LogP contribution in [0.15, 0.2) is 65.4 Å². The van der Waals surface area contributed by atoms with Gasteiger partial charge in [0.05, 0.1) is 29.8 Å².